The van der Waals surface area contributed by atoms with E-state index < -0.39 is 0 Å². The summed E-state index contributed by atoms with van der Waals surface area (Å²) in [6.07, 6.45) is 0. The summed E-state index contributed by atoms with van der Waals surface area (Å²) in [6.45, 7) is 1.90. The van der Waals surface area contributed by atoms with Crippen molar-refractivity contribution in [1.29, 1.82) is 0 Å². The van der Waals surface area contributed by atoms with Gasteiger partial charge in [0.05, 0.1) is 12.6 Å². The minimum absolute atomic E-state index is 0.0855. The molecule has 2 N–H and O–H groups in total. The van der Waals surface area contributed by atoms with E-state index in [0.29, 0.717) is 0 Å². The highest BCUT2D eigenvalue weighted by Gasteiger charge is 2.11. The normalized spacial score (nSPS) is 12.2. The van der Waals surface area contributed by atoms with Gasteiger partial charge in [0.1, 0.15) is 5.82 Å². The van der Waals surface area contributed by atoms with Crippen molar-refractivity contribution in [3.05, 3.63) is 65.5 Å². The van der Waals surface area contributed by atoms with Crippen LogP contribution in [-0.2, 0) is 0 Å². The third-order valence-corrected chi connectivity index (χ3v) is 2.91. The molecule has 2 aromatic carbocycles. The molecular formula is C15H16FNO. The predicted molar refractivity (Wildman–Crippen MR) is 71.0 cm³/mol. The van der Waals surface area contributed by atoms with E-state index >= 15 is 0 Å². The van der Waals surface area contributed by atoms with Gasteiger partial charge in [-0.05, 0) is 36.2 Å². The molecule has 0 saturated carbocycles. The lowest BCUT2D eigenvalue weighted by molar-refractivity contribution is 0.276. The fraction of sp³-hybridized carbons (Fsp3) is 0.200. The Morgan fingerprint density at radius 1 is 1.17 bits per heavy atom. The van der Waals surface area contributed by atoms with Crippen molar-refractivity contribution in [3.63, 3.8) is 0 Å². The minimum Gasteiger partial charge on any atom is -0.394 e. The van der Waals surface area contributed by atoms with Gasteiger partial charge in [0, 0.05) is 5.69 Å². The SMILES string of the molecule is Cc1ccccc1NC(CO)c1cccc(F)c1. The fourth-order valence-corrected chi connectivity index (χ4v) is 1.88. The number of halogens is 1. The highest BCUT2D eigenvalue weighted by atomic mass is 19.1. The van der Waals surface area contributed by atoms with E-state index in [-0.39, 0.29) is 18.5 Å². The number of rotatable bonds is 4. The zero-order valence-corrected chi connectivity index (χ0v) is 10.2. The van der Waals surface area contributed by atoms with Crippen molar-refractivity contribution in [3.8, 4) is 0 Å². The number of nitrogens with one attached hydrogen (secondary N) is 1. The van der Waals surface area contributed by atoms with Crippen LogP contribution in [0.15, 0.2) is 48.5 Å². The van der Waals surface area contributed by atoms with E-state index in [4.69, 9.17) is 0 Å². The van der Waals surface area contributed by atoms with E-state index in [1.54, 1.807) is 12.1 Å². The maximum atomic E-state index is 13.2. The summed E-state index contributed by atoms with van der Waals surface area (Å²) in [4.78, 5) is 0. The molecule has 1 unspecified atom stereocenters. The van der Waals surface area contributed by atoms with Gasteiger partial charge < -0.3 is 10.4 Å². The lowest BCUT2D eigenvalue weighted by atomic mass is 10.1. The van der Waals surface area contributed by atoms with E-state index in [2.05, 4.69) is 5.32 Å². The monoisotopic (exact) mass is 245 g/mol. The van der Waals surface area contributed by atoms with Crippen molar-refractivity contribution < 1.29 is 9.50 Å². The molecule has 0 aliphatic carbocycles. The average Bonchev–Trinajstić information content (AvgIpc) is 2.38. The van der Waals surface area contributed by atoms with Crippen molar-refractivity contribution >= 4 is 5.69 Å². The van der Waals surface area contributed by atoms with E-state index in [1.807, 2.05) is 31.2 Å². The van der Waals surface area contributed by atoms with Gasteiger partial charge in [0.2, 0.25) is 0 Å². The first kappa shape index (κ1) is 12.6. The van der Waals surface area contributed by atoms with Gasteiger partial charge >= 0.3 is 0 Å². The maximum absolute atomic E-state index is 13.2. The van der Waals surface area contributed by atoms with Gasteiger partial charge in [0.25, 0.3) is 0 Å². The predicted octanol–water partition coefficient (Wildman–Crippen LogP) is 3.28. The van der Waals surface area contributed by atoms with Crippen LogP contribution in [0.3, 0.4) is 0 Å². The molecule has 0 spiro atoms. The molecule has 0 saturated heterocycles. The second kappa shape index (κ2) is 5.65. The van der Waals surface area contributed by atoms with Gasteiger partial charge in [-0.25, -0.2) is 4.39 Å². The van der Waals surface area contributed by atoms with Gasteiger partial charge in [-0.1, -0.05) is 30.3 Å². The summed E-state index contributed by atoms with van der Waals surface area (Å²) >= 11 is 0. The largest absolute Gasteiger partial charge is 0.394 e. The van der Waals surface area contributed by atoms with Crippen molar-refractivity contribution in [2.45, 2.75) is 13.0 Å². The molecule has 0 aliphatic rings. The lowest BCUT2D eigenvalue weighted by Gasteiger charge is -2.19. The Morgan fingerprint density at radius 3 is 2.61 bits per heavy atom. The molecule has 0 aromatic heterocycles. The van der Waals surface area contributed by atoms with Crippen LogP contribution in [0.1, 0.15) is 17.2 Å². The Morgan fingerprint density at radius 2 is 1.94 bits per heavy atom. The number of aryl methyl sites for hydroxylation is 1. The zero-order valence-electron chi connectivity index (χ0n) is 10.2. The molecule has 94 valence electrons. The summed E-state index contributed by atoms with van der Waals surface area (Å²) in [5.41, 5.74) is 2.77. The lowest BCUT2D eigenvalue weighted by Crippen LogP contribution is -2.15. The number of hydrogen-bond acceptors (Lipinski definition) is 2. The average molecular weight is 245 g/mol. The van der Waals surface area contributed by atoms with Crippen LogP contribution >= 0.6 is 0 Å². The van der Waals surface area contributed by atoms with Crippen LogP contribution in [0, 0.1) is 12.7 Å². The Labute approximate surface area is 106 Å². The number of aliphatic hydroxyl groups is 1. The van der Waals surface area contributed by atoms with Crippen LogP contribution in [0.2, 0.25) is 0 Å². The summed E-state index contributed by atoms with van der Waals surface area (Å²) < 4.78 is 13.2. The molecule has 0 fully saturated rings. The molecule has 0 amide bonds. The summed E-state index contributed by atoms with van der Waals surface area (Å²) in [5, 5.41) is 12.7. The quantitative estimate of drug-likeness (QED) is 0.866. The molecule has 0 bridgehead atoms. The standard InChI is InChI=1S/C15H16FNO/c1-11-5-2-3-8-14(11)17-15(10-18)12-6-4-7-13(16)9-12/h2-9,15,17-18H,10H2,1H3. The molecular weight excluding hydrogens is 229 g/mol. The highest BCUT2D eigenvalue weighted by molar-refractivity contribution is 5.52. The Kier molecular flexibility index (Phi) is 3.95. The van der Waals surface area contributed by atoms with Gasteiger partial charge in [0.15, 0.2) is 0 Å². The smallest absolute Gasteiger partial charge is 0.123 e. The first-order chi connectivity index (χ1) is 8.70. The van der Waals surface area contributed by atoms with Crippen molar-refractivity contribution in [2.75, 3.05) is 11.9 Å². The molecule has 2 nitrogen and oxygen atoms in total. The molecule has 0 heterocycles. The number of aliphatic hydroxyl groups excluding tert-OH is 1. The zero-order chi connectivity index (χ0) is 13.0. The summed E-state index contributed by atoms with van der Waals surface area (Å²) in [7, 11) is 0. The molecule has 0 aliphatic heterocycles. The Balaban J connectivity index is 2.23. The first-order valence-electron chi connectivity index (χ1n) is 5.89. The second-order valence-electron chi connectivity index (χ2n) is 4.25. The minimum atomic E-state index is -0.304. The molecule has 1 atom stereocenters. The highest BCUT2D eigenvalue weighted by Crippen LogP contribution is 2.22. The van der Waals surface area contributed by atoms with Crippen LogP contribution in [0.4, 0.5) is 10.1 Å². The van der Waals surface area contributed by atoms with E-state index in [1.165, 1.54) is 12.1 Å². The number of hydrogen-bond donors (Lipinski definition) is 2. The van der Waals surface area contributed by atoms with Crippen LogP contribution in [0.25, 0.3) is 0 Å². The first-order valence-corrected chi connectivity index (χ1v) is 5.89. The second-order valence-corrected chi connectivity index (χ2v) is 4.25. The molecule has 0 radical (unpaired) electrons. The molecule has 2 rings (SSSR count). The third kappa shape index (κ3) is 2.87. The molecule has 2 aromatic rings. The Hall–Kier alpha value is -1.87. The maximum Gasteiger partial charge on any atom is 0.123 e. The summed E-state index contributed by atoms with van der Waals surface area (Å²) in [5.74, 6) is -0.294. The Bertz CT molecular complexity index is 527. The van der Waals surface area contributed by atoms with Crippen LogP contribution < -0.4 is 5.32 Å². The fourth-order valence-electron chi connectivity index (χ4n) is 1.88. The van der Waals surface area contributed by atoms with E-state index in [0.717, 1.165) is 16.8 Å². The van der Waals surface area contributed by atoms with Crippen LogP contribution in [0.5, 0.6) is 0 Å². The van der Waals surface area contributed by atoms with Crippen molar-refractivity contribution in [2.24, 2.45) is 0 Å². The van der Waals surface area contributed by atoms with E-state index in [9.17, 15) is 9.50 Å². The third-order valence-electron chi connectivity index (χ3n) is 2.91. The molecule has 18 heavy (non-hydrogen) atoms. The van der Waals surface area contributed by atoms with Crippen LogP contribution in [-0.4, -0.2) is 11.7 Å². The molecule has 3 heteroatoms. The summed E-state index contributed by atoms with van der Waals surface area (Å²) in [6, 6.07) is 13.8. The van der Waals surface area contributed by atoms with Gasteiger partial charge in [-0.2, -0.15) is 0 Å². The number of benzene rings is 2. The number of para-hydroxylation sites is 1. The van der Waals surface area contributed by atoms with Gasteiger partial charge in [-0.15, -0.1) is 0 Å². The topological polar surface area (TPSA) is 32.3 Å². The van der Waals surface area contributed by atoms with Gasteiger partial charge in [-0.3, -0.25) is 0 Å². The van der Waals surface area contributed by atoms with Crippen molar-refractivity contribution in [1.82, 2.24) is 0 Å². The number of anilines is 1.